The molecule has 0 aliphatic carbocycles. The molecular weight excluding hydrogens is 296 g/mol. The molecule has 0 amide bonds. The largest absolute Gasteiger partial charge is 0.462 e. The number of aromatic nitrogens is 4. The predicted molar refractivity (Wildman–Crippen MR) is 82.9 cm³/mol. The summed E-state index contributed by atoms with van der Waals surface area (Å²) in [4.78, 5) is 13.0. The number of fused-ring (bicyclic) bond motifs is 1. The van der Waals surface area contributed by atoms with E-state index in [-0.39, 0.29) is 6.61 Å². The highest BCUT2D eigenvalue weighted by Crippen LogP contribution is 2.17. The van der Waals surface area contributed by atoms with Crippen molar-refractivity contribution in [1.82, 2.24) is 24.5 Å². The Hall–Kier alpha value is -2.45. The van der Waals surface area contributed by atoms with Crippen LogP contribution < -0.4 is 4.90 Å². The molecule has 1 fully saturated rings. The van der Waals surface area contributed by atoms with Crippen LogP contribution in [0.3, 0.4) is 0 Å². The summed E-state index contributed by atoms with van der Waals surface area (Å²) in [6, 6.07) is 3.75. The first-order valence-electron chi connectivity index (χ1n) is 7.63. The lowest BCUT2D eigenvalue weighted by atomic mass is 10.3. The molecule has 1 aliphatic heterocycles. The van der Waals surface area contributed by atoms with Crippen LogP contribution in [0.5, 0.6) is 0 Å². The van der Waals surface area contributed by atoms with Gasteiger partial charge in [-0.15, -0.1) is 0 Å². The Morgan fingerprint density at radius 2 is 1.91 bits per heavy atom. The van der Waals surface area contributed by atoms with Crippen molar-refractivity contribution < 1.29 is 9.52 Å². The van der Waals surface area contributed by atoms with Crippen LogP contribution in [0, 0.1) is 0 Å². The molecule has 0 radical (unpaired) electrons. The minimum atomic E-state index is -0.0529. The van der Waals surface area contributed by atoms with Gasteiger partial charge in [-0.05, 0) is 12.1 Å². The molecule has 1 saturated heterocycles. The standard InChI is InChI=1S/C15H18N6O2/c22-10-13-2-1-12(23-13)9-19-3-5-20(6-4-19)15-8-16-7-14-17-11-18-21(14)15/h1-2,7-8,11,22H,3-6,9-10H2. The Labute approximate surface area is 133 Å². The maximum atomic E-state index is 9.05. The van der Waals surface area contributed by atoms with E-state index in [1.54, 1.807) is 12.5 Å². The highest BCUT2D eigenvalue weighted by Gasteiger charge is 2.20. The maximum Gasteiger partial charge on any atom is 0.175 e. The smallest absolute Gasteiger partial charge is 0.175 e. The van der Waals surface area contributed by atoms with Crippen LogP contribution in [0.2, 0.25) is 0 Å². The number of aliphatic hydroxyl groups excluding tert-OH is 1. The van der Waals surface area contributed by atoms with Crippen LogP contribution in [-0.4, -0.2) is 55.8 Å². The van der Waals surface area contributed by atoms with E-state index in [0.717, 1.165) is 49.9 Å². The Bertz CT molecular complexity index is 790. The molecule has 23 heavy (non-hydrogen) atoms. The molecule has 0 atom stereocenters. The average Bonchev–Trinajstić information content (AvgIpc) is 3.24. The summed E-state index contributed by atoms with van der Waals surface area (Å²) in [6.07, 6.45) is 5.09. The van der Waals surface area contributed by atoms with Gasteiger partial charge in [0.15, 0.2) is 11.5 Å². The summed E-state index contributed by atoms with van der Waals surface area (Å²) in [7, 11) is 0. The lowest BCUT2D eigenvalue weighted by Gasteiger charge is -2.35. The van der Waals surface area contributed by atoms with Gasteiger partial charge >= 0.3 is 0 Å². The fourth-order valence-corrected chi connectivity index (χ4v) is 2.90. The van der Waals surface area contributed by atoms with Gasteiger partial charge in [0, 0.05) is 26.2 Å². The molecule has 8 nitrogen and oxygen atoms in total. The Kier molecular flexibility index (Phi) is 3.68. The summed E-state index contributed by atoms with van der Waals surface area (Å²) in [5, 5.41) is 13.3. The molecule has 0 spiro atoms. The van der Waals surface area contributed by atoms with Crippen molar-refractivity contribution in [1.29, 1.82) is 0 Å². The predicted octanol–water partition coefficient (Wildman–Crippen LogP) is 0.532. The van der Waals surface area contributed by atoms with Gasteiger partial charge in [-0.25, -0.2) is 4.98 Å². The molecule has 120 valence electrons. The quantitative estimate of drug-likeness (QED) is 0.752. The van der Waals surface area contributed by atoms with Crippen LogP contribution in [0.1, 0.15) is 11.5 Å². The van der Waals surface area contributed by atoms with Crippen molar-refractivity contribution in [3.8, 4) is 0 Å². The van der Waals surface area contributed by atoms with Crippen molar-refractivity contribution in [2.75, 3.05) is 31.1 Å². The summed E-state index contributed by atoms with van der Waals surface area (Å²) >= 11 is 0. The molecule has 1 N–H and O–H groups in total. The first-order chi connectivity index (χ1) is 11.3. The van der Waals surface area contributed by atoms with Gasteiger partial charge in [0.25, 0.3) is 0 Å². The maximum absolute atomic E-state index is 9.05. The van der Waals surface area contributed by atoms with E-state index in [4.69, 9.17) is 9.52 Å². The third kappa shape index (κ3) is 2.78. The third-order valence-electron chi connectivity index (χ3n) is 4.12. The average molecular weight is 314 g/mol. The van der Waals surface area contributed by atoms with Gasteiger partial charge in [0.05, 0.1) is 18.9 Å². The SMILES string of the molecule is OCc1ccc(CN2CCN(c3cncc4ncnn34)CC2)o1. The van der Waals surface area contributed by atoms with Crippen molar-refractivity contribution in [3.05, 3.63) is 42.4 Å². The molecule has 0 saturated carbocycles. The van der Waals surface area contributed by atoms with Crippen LogP contribution in [0.25, 0.3) is 5.65 Å². The van der Waals surface area contributed by atoms with E-state index in [0.29, 0.717) is 5.76 Å². The first-order valence-corrected chi connectivity index (χ1v) is 7.63. The number of aliphatic hydroxyl groups is 1. The van der Waals surface area contributed by atoms with Gasteiger partial charge in [-0.3, -0.25) is 9.88 Å². The molecule has 0 bridgehead atoms. The van der Waals surface area contributed by atoms with Gasteiger partial charge in [-0.2, -0.15) is 9.61 Å². The highest BCUT2D eigenvalue weighted by molar-refractivity contribution is 5.46. The van der Waals surface area contributed by atoms with Crippen molar-refractivity contribution in [2.45, 2.75) is 13.2 Å². The Morgan fingerprint density at radius 1 is 1.09 bits per heavy atom. The van der Waals surface area contributed by atoms with Crippen LogP contribution >= 0.6 is 0 Å². The second kappa shape index (κ2) is 5.98. The lowest BCUT2D eigenvalue weighted by molar-refractivity contribution is 0.211. The second-order valence-corrected chi connectivity index (χ2v) is 5.58. The Morgan fingerprint density at radius 3 is 2.70 bits per heavy atom. The fraction of sp³-hybridized carbons (Fsp3) is 0.400. The summed E-state index contributed by atoms with van der Waals surface area (Å²) in [5.74, 6) is 2.48. The molecular formula is C15H18N6O2. The molecule has 8 heteroatoms. The minimum absolute atomic E-state index is 0.0529. The van der Waals surface area contributed by atoms with Crippen LogP contribution in [-0.2, 0) is 13.2 Å². The Balaban J connectivity index is 1.41. The van der Waals surface area contributed by atoms with E-state index < -0.39 is 0 Å². The van der Waals surface area contributed by atoms with E-state index in [1.807, 2.05) is 22.8 Å². The second-order valence-electron chi connectivity index (χ2n) is 5.58. The van der Waals surface area contributed by atoms with E-state index in [9.17, 15) is 0 Å². The zero-order valence-electron chi connectivity index (χ0n) is 12.7. The van der Waals surface area contributed by atoms with E-state index in [1.165, 1.54) is 0 Å². The van der Waals surface area contributed by atoms with Crippen molar-refractivity contribution in [3.63, 3.8) is 0 Å². The van der Waals surface area contributed by atoms with Crippen LogP contribution in [0.4, 0.5) is 5.82 Å². The minimum Gasteiger partial charge on any atom is -0.462 e. The molecule has 0 aromatic carbocycles. The van der Waals surface area contributed by atoms with Gasteiger partial charge in [-0.1, -0.05) is 0 Å². The van der Waals surface area contributed by atoms with Gasteiger partial charge in [0.1, 0.15) is 24.5 Å². The molecule has 4 heterocycles. The molecule has 3 aromatic heterocycles. The summed E-state index contributed by atoms with van der Waals surface area (Å²) < 4.78 is 7.38. The fourth-order valence-electron chi connectivity index (χ4n) is 2.90. The number of rotatable bonds is 4. The van der Waals surface area contributed by atoms with Gasteiger partial charge in [0.2, 0.25) is 0 Å². The number of hydrogen-bond acceptors (Lipinski definition) is 7. The molecule has 3 aromatic rings. The topological polar surface area (TPSA) is 82.9 Å². The molecule has 1 aliphatic rings. The monoisotopic (exact) mass is 314 g/mol. The van der Waals surface area contributed by atoms with E-state index in [2.05, 4.69) is 24.9 Å². The number of piperazine rings is 1. The molecule has 4 rings (SSSR count). The zero-order chi connectivity index (χ0) is 15.6. The first kappa shape index (κ1) is 14.2. The number of nitrogens with zero attached hydrogens (tertiary/aromatic N) is 6. The van der Waals surface area contributed by atoms with E-state index >= 15 is 0 Å². The lowest BCUT2D eigenvalue weighted by Crippen LogP contribution is -2.46. The number of furan rings is 1. The summed E-state index contributed by atoms with van der Waals surface area (Å²) in [5.41, 5.74) is 0.761. The van der Waals surface area contributed by atoms with Crippen LogP contribution in [0.15, 0.2) is 35.3 Å². The molecule has 0 unspecified atom stereocenters. The van der Waals surface area contributed by atoms with Crippen molar-refractivity contribution >= 4 is 11.5 Å². The third-order valence-corrected chi connectivity index (χ3v) is 4.12. The normalized spacial score (nSPS) is 16.3. The highest BCUT2D eigenvalue weighted by atomic mass is 16.4. The zero-order valence-corrected chi connectivity index (χ0v) is 12.7. The number of anilines is 1. The number of hydrogen-bond donors (Lipinski definition) is 1. The van der Waals surface area contributed by atoms with Crippen molar-refractivity contribution in [2.24, 2.45) is 0 Å². The van der Waals surface area contributed by atoms with Gasteiger partial charge < -0.3 is 14.4 Å². The summed E-state index contributed by atoms with van der Waals surface area (Å²) in [6.45, 7) is 4.37.